The Morgan fingerprint density at radius 2 is 2.21 bits per heavy atom. The first kappa shape index (κ1) is 14.4. The van der Waals surface area contributed by atoms with Crippen LogP contribution in [0.4, 0.5) is 10.1 Å². The number of benzene rings is 1. The quantitative estimate of drug-likeness (QED) is 0.824. The number of aliphatic imine (C=N–C) groups is 1. The van der Waals surface area contributed by atoms with Gasteiger partial charge in [-0.3, -0.25) is 0 Å². The third kappa shape index (κ3) is 3.50. The Kier molecular flexibility index (Phi) is 4.50. The summed E-state index contributed by atoms with van der Waals surface area (Å²) in [6.45, 7) is 6.39. The van der Waals surface area contributed by atoms with Crippen LogP contribution in [0.15, 0.2) is 23.2 Å². The van der Waals surface area contributed by atoms with E-state index in [4.69, 9.17) is 0 Å². The van der Waals surface area contributed by atoms with Gasteiger partial charge in [0.15, 0.2) is 5.17 Å². The second-order valence-corrected chi connectivity index (χ2v) is 6.52. The van der Waals surface area contributed by atoms with Crippen molar-refractivity contribution in [2.75, 3.05) is 12.8 Å². The lowest BCUT2D eigenvalue weighted by Crippen LogP contribution is -2.30. The van der Waals surface area contributed by atoms with E-state index in [1.807, 2.05) is 6.92 Å². The summed E-state index contributed by atoms with van der Waals surface area (Å²) in [5.41, 5.74) is 1.75. The van der Waals surface area contributed by atoms with Gasteiger partial charge < -0.3 is 4.90 Å². The first-order valence-electron chi connectivity index (χ1n) is 6.68. The van der Waals surface area contributed by atoms with Crippen LogP contribution < -0.4 is 0 Å². The minimum atomic E-state index is -0.202. The second kappa shape index (κ2) is 5.95. The van der Waals surface area contributed by atoms with Crippen LogP contribution in [0, 0.1) is 18.7 Å². The van der Waals surface area contributed by atoms with Crippen LogP contribution >= 0.6 is 11.8 Å². The van der Waals surface area contributed by atoms with Crippen LogP contribution in [0.3, 0.4) is 0 Å². The van der Waals surface area contributed by atoms with E-state index in [0.717, 1.165) is 22.2 Å². The fourth-order valence-corrected chi connectivity index (χ4v) is 3.49. The van der Waals surface area contributed by atoms with E-state index in [1.165, 1.54) is 18.6 Å². The van der Waals surface area contributed by atoms with Crippen molar-refractivity contribution < 1.29 is 4.39 Å². The summed E-state index contributed by atoms with van der Waals surface area (Å²) in [5.74, 6) is 1.58. The Bertz CT molecular complexity index is 485. The summed E-state index contributed by atoms with van der Waals surface area (Å²) in [5, 5.41) is 1.04. The zero-order valence-electron chi connectivity index (χ0n) is 12.0. The number of amidine groups is 1. The predicted molar refractivity (Wildman–Crippen MR) is 81.7 cm³/mol. The van der Waals surface area contributed by atoms with Crippen LogP contribution in [0.1, 0.15) is 25.8 Å². The number of thioether (sulfide) groups is 1. The second-order valence-electron chi connectivity index (χ2n) is 5.53. The average molecular weight is 280 g/mol. The number of nitrogens with zero attached hydrogens (tertiary/aromatic N) is 2. The molecule has 2 rings (SSSR count). The van der Waals surface area contributed by atoms with Crippen LogP contribution in [-0.4, -0.2) is 28.9 Å². The Morgan fingerprint density at radius 3 is 2.84 bits per heavy atom. The molecule has 0 amide bonds. The zero-order chi connectivity index (χ0) is 14.0. The molecule has 0 bridgehead atoms. The first-order chi connectivity index (χ1) is 8.97. The number of halogens is 1. The van der Waals surface area contributed by atoms with Crippen molar-refractivity contribution in [3.8, 4) is 0 Å². The minimum absolute atomic E-state index is 0.202. The fourth-order valence-electron chi connectivity index (χ4n) is 2.27. The Balaban J connectivity index is 2.16. The number of aryl methyl sites for hydroxylation is 1. The molecule has 0 aliphatic carbocycles. The third-order valence-corrected chi connectivity index (χ3v) is 4.56. The van der Waals surface area contributed by atoms with E-state index in [-0.39, 0.29) is 5.82 Å². The molecular weight excluding hydrogens is 259 g/mol. The number of rotatable bonds is 3. The standard InChI is InChI=1S/C15H21FN2S/c1-10(2)7-13-9-19-15(18(13)4)17-14-6-5-12(16)8-11(14)3/h5-6,8,10,13H,7,9H2,1-4H3/t13-/m0/s1. The van der Waals surface area contributed by atoms with E-state index >= 15 is 0 Å². The van der Waals surface area contributed by atoms with Gasteiger partial charge >= 0.3 is 0 Å². The molecule has 1 heterocycles. The summed E-state index contributed by atoms with van der Waals surface area (Å²) in [6.07, 6.45) is 1.19. The lowest BCUT2D eigenvalue weighted by Gasteiger charge is -2.22. The summed E-state index contributed by atoms with van der Waals surface area (Å²) in [4.78, 5) is 6.93. The van der Waals surface area contributed by atoms with Gasteiger partial charge in [0.2, 0.25) is 0 Å². The van der Waals surface area contributed by atoms with E-state index in [2.05, 4.69) is 30.8 Å². The molecule has 1 aliphatic rings. The van der Waals surface area contributed by atoms with Crippen molar-refractivity contribution in [2.24, 2.45) is 10.9 Å². The van der Waals surface area contributed by atoms with Gasteiger partial charge in [-0.25, -0.2) is 9.38 Å². The van der Waals surface area contributed by atoms with Crippen molar-refractivity contribution in [2.45, 2.75) is 33.2 Å². The van der Waals surface area contributed by atoms with Gasteiger partial charge in [0.1, 0.15) is 5.82 Å². The Morgan fingerprint density at radius 1 is 1.47 bits per heavy atom. The molecule has 1 aromatic carbocycles. The van der Waals surface area contributed by atoms with Crippen molar-refractivity contribution in [1.29, 1.82) is 0 Å². The normalized spacial score (nSPS) is 21.7. The minimum Gasteiger partial charge on any atom is -0.350 e. The van der Waals surface area contributed by atoms with Gasteiger partial charge in [-0.1, -0.05) is 25.6 Å². The van der Waals surface area contributed by atoms with Gasteiger partial charge in [0.25, 0.3) is 0 Å². The summed E-state index contributed by atoms with van der Waals surface area (Å²) >= 11 is 1.79. The molecule has 1 aliphatic heterocycles. The van der Waals surface area contributed by atoms with Crippen molar-refractivity contribution >= 4 is 22.6 Å². The molecule has 2 nitrogen and oxygen atoms in total. The number of hydrogen-bond donors (Lipinski definition) is 0. The van der Waals surface area contributed by atoms with Gasteiger partial charge in [0, 0.05) is 18.8 Å². The molecule has 0 unspecified atom stereocenters. The van der Waals surface area contributed by atoms with Gasteiger partial charge in [-0.15, -0.1) is 0 Å². The summed E-state index contributed by atoms with van der Waals surface area (Å²) in [6, 6.07) is 5.31. The molecule has 104 valence electrons. The maximum Gasteiger partial charge on any atom is 0.164 e. The van der Waals surface area contributed by atoms with Crippen LogP contribution in [0.2, 0.25) is 0 Å². The molecular formula is C15H21FN2S. The monoisotopic (exact) mass is 280 g/mol. The fraction of sp³-hybridized carbons (Fsp3) is 0.533. The summed E-state index contributed by atoms with van der Waals surface area (Å²) in [7, 11) is 2.10. The van der Waals surface area contributed by atoms with Gasteiger partial charge in [-0.05, 0) is 43.0 Å². The highest BCUT2D eigenvalue weighted by molar-refractivity contribution is 8.14. The van der Waals surface area contributed by atoms with Crippen molar-refractivity contribution in [3.05, 3.63) is 29.6 Å². The molecule has 4 heteroatoms. The SMILES string of the molecule is Cc1cc(F)ccc1N=C1SC[C@H](CC(C)C)N1C. The molecule has 0 aromatic heterocycles. The molecule has 19 heavy (non-hydrogen) atoms. The van der Waals surface area contributed by atoms with Crippen LogP contribution in [0.5, 0.6) is 0 Å². The molecule has 0 spiro atoms. The number of hydrogen-bond acceptors (Lipinski definition) is 2. The Hall–Kier alpha value is -1.03. The van der Waals surface area contributed by atoms with E-state index < -0.39 is 0 Å². The molecule has 0 radical (unpaired) electrons. The molecule has 0 saturated carbocycles. The van der Waals surface area contributed by atoms with E-state index in [1.54, 1.807) is 17.8 Å². The van der Waals surface area contributed by atoms with E-state index in [9.17, 15) is 4.39 Å². The summed E-state index contributed by atoms with van der Waals surface area (Å²) < 4.78 is 13.1. The topological polar surface area (TPSA) is 15.6 Å². The van der Waals surface area contributed by atoms with Crippen LogP contribution in [-0.2, 0) is 0 Å². The highest BCUT2D eigenvalue weighted by atomic mass is 32.2. The predicted octanol–water partition coefficient (Wildman–Crippen LogP) is 4.21. The van der Waals surface area contributed by atoms with E-state index in [0.29, 0.717) is 12.0 Å². The smallest absolute Gasteiger partial charge is 0.164 e. The zero-order valence-corrected chi connectivity index (χ0v) is 12.8. The third-order valence-electron chi connectivity index (χ3n) is 3.37. The van der Waals surface area contributed by atoms with Crippen molar-refractivity contribution in [3.63, 3.8) is 0 Å². The average Bonchev–Trinajstić information content (AvgIpc) is 2.64. The maximum atomic E-state index is 13.1. The van der Waals surface area contributed by atoms with Gasteiger partial charge in [0.05, 0.1) is 5.69 Å². The lowest BCUT2D eigenvalue weighted by molar-refractivity contribution is 0.351. The molecule has 1 fully saturated rings. The highest BCUT2D eigenvalue weighted by Crippen LogP contribution is 2.30. The molecule has 0 N–H and O–H groups in total. The lowest BCUT2D eigenvalue weighted by atomic mass is 10.0. The van der Waals surface area contributed by atoms with Crippen molar-refractivity contribution in [1.82, 2.24) is 4.90 Å². The first-order valence-corrected chi connectivity index (χ1v) is 7.66. The largest absolute Gasteiger partial charge is 0.350 e. The maximum absolute atomic E-state index is 13.1. The highest BCUT2D eigenvalue weighted by Gasteiger charge is 2.27. The molecule has 1 atom stereocenters. The Labute approximate surface area is 119 Å². The molecule has 1 aromatic rings. The van der Waals surface area contributed by atoms with Gasteiger partial charge in [-0.2, -0.15) is 0 Å². The van der Waals surface area contributed by atoms with Crippen LogP contribution in [0.25, 0.3) is 0 Å². The molecule has 1 saturated heterocycles.